The van der Waals surface area contributed by atoms with Gasteiger partial charge in [0.05, 0.1) is 0 Å². The Kier molecular flexibility index (Phi) is 4.65. The van der Waals surface area contributed by atoms with Crippen LogP contribution in [0.15, 0.2) is 97.1 Å². The molecule has 0 aliphatic carbocycles. The topological polar surface area (TPSA) is 29.1 Å². The number of carbonyl (C=O) groups is 1. The maximum absolute atomic E-state index is 12.7. The molecule has 0 aromatic heterocycles. The summed E-state index contributed by atoms with van der Waals surface area (Å²) in [6.07, 6.45) is 2.68. The molecule has 0 saturated heterocycles. The highest BCUT2D eigenvalue weighted by Crippen LogP contribution is 2.40. The van der Waals surface area contributed by atoms with Crippen LogP contribution in [0.25, 0.3) is 5.70 Å². The van der Waals surface area contributed by atoms with E-state index in [1.165, 1.54) is 11.1 Å². The highest BCUT2D eigenvalue weighted by atomic mass is 16.1. The molecule has 3 aromatic rings. The monoisotopic (exact) mass is 339 g/mol. The van der Waals surface area contributed by atoms with Crippen LogP contribution in [0, 0.1) is 0 Å². The van der Waals surface area contributed by atoms with Gasteiger partial charge in [0.15, 0.2) is 0 Å². The van der Waals surface area contributed by atoms with Crippen LogP contribution in [-0.2, 0) is 4.79 Å². The van der Waals surface area contributed by atoms with Crippen LogP contribution in [-0.4, -0.2) is 5.91 Å². The Balaban J connectivity index is 1.84. The van der Waals surface area contributed by atoms with Crippen molar-refractivity contribution in [3.05, 3.63) is 114 Å². The molecule has 4 rings (SSSR count). The first-order valence-corrected chi connectivity index (χ1v) is 8.98. The first-order chi connectivity index (χ1) is 12.8. The number of nitrogens with one attached hydrogen (secondary N) is 1. The molecule has 0 saturated carbocycles. The van der Waals surface area contributed by atoms with Gasteiger partial charge in [0.25, 0.3) is 0 Å². The fourth-order valence-electron chi connectivity index (χ4n) is 3.68. The van der Waals surface area contributed by atoms with Crippen molar-refractivity contribution in [3.8, 4) is 0 Å². The Morgan fingerprint density at radius 1 is 0.692 bits per heavy atom. The molecular formula is C24H21NO. The lowest BCUT2D eigenvalue weighted by Crippen LogP contribution is -2.21. The van der Waals surface area contributed by atoms with Crippen LogP contribution in [0.1, 0.15) is 34.9 Å². The Bertz CT molecular complexity index is 901. The molecule has 2 heteroatoms. The van der Waals surface area contributed by atoms with Crippen molar-refractivity contribution in [1.82, 2.24) is 5.32 Å². The number of hydrogen-bond acceptors (Lipinski definition) is 1. The van der Waals surface area contributed by atoms with Gasteiger partial charge in [0, 0.05) is 24.0 Å². The second-order valence-electron chi connectivity index (χ2n) is 6.65. The van der Waals surface area contributed by atoms with Gasteiger partial charge in [-0.3, -0.25) is 4.79 Å². The van der Waals surface area contributed by atoms with Gasteiger partial charge in [-0.2, -0.15) is 0 Å². The first kappa shape index (κ1) is 16.3. The Morgan fingerprint density at radius 2 is 1.23 bits per heavy atom. The van der Waals surface area contributed by atoms with Crippen molar-refractivity contribution >= 4 is 11.6 Å². The zero-order valence-corrected chi connectivity index (χ0v) is 14.5. The van der Waals surface area contributed by atoms with Crippen molar-refractivity contribution in [2.24, 2.45) is 0 Å². The van der Waals surface area contributed by atoms with Gasteiger partial charge in [-0.1, -0.05) is 97.1 Å². The Labute approximate surface area is 154 Å². The normalized spacial score (nSPS) is 20.0. The Morgan fingerprint density at radius 3 is 1.85 bits per heavy atom. The van der Waals surface area contributed by atoms with Gasteiger partial charge in [0.1, 0.15) is 0 Å². The molecule has 26 heavy (non-hydrogen) atoms. The van der Waals surface area contributed by atoms with Crippen LogP contribution < -0.4 is 5.32 Å². The lowest BCUT2D eigenvalue weighted by molar-refractivity contribution is -0.120. The van der Waals surface area contributed by atoms with Crippen molar-refractivity contribution in [3.63, 3.8) is 0 Å². The third-order valence-corrected chi connectivity index (χ3v) is 4.96. The van der Waals surface area contributed by atoms with Crippen molar-refractivity contribution in [2.75, 3.05) is 0 Å². The quantitative estimate of drug-likeness (QED) is 0.705. The average molecular weight is 339 g/mol. The summed E-state index contributed by atoms with van der Waals surface area (Å²) >= 11 is 0. The molecule has 3 aromatic carbocycles. The number of benzene rings is 3. The fourth-order valence-corrected chi connectivity index (χ4v) is 3.68. The second kappa shape index (κ2) is 7.40. The summed E-state index contributed by atoms with van der Waals surface area (Å²) in [5, 5.41) is 3.12. The van der Waals surface area contributed by atoms with E-state index < -0.39 is 0 Å². The minimum Gasteiger partial charge on any atom is -0.326 e. The molecular weight excluding hydrogens is 318 g/mol. The molecule has 1 heterocycles. The van der Waals surface area contributed by atoms with E-state index in [0.717, 1.165) is 11.3 Å². The van der Waals surface area contributed by atoms with E-state index in [1.54, 1.807) is 0 Å². The third kappa shape index (κ3) is 3.45. The zero-order chi connectivity index (χ0) is 17.8. The summed E-state index contributed by atoms with van der Waals surface area (Å²) in [7, 11) is 0. The predicted octanol–water partition coefficient (Wildman–Crippen LogP) is 5.12. The average Bonchev–Trinajstić information content (AvgIpc) is 2.89. The van der Waals surface area contributed by atoms with Crippen molar-refractivity contribution in [2.45, 2.75) is 18.3 Å². The maximum Gasteiger partial charge on any atom is 0.225 e. The van der Waals surface area contributed by atoms with E-state index in [4.69, 9.17) is 0 Å². The van der Waals surface area contributed by atoms with Crippen LogP contribution in [0.4, 0.5) is 0 Å². The van der Waals surface area contributed by atoms with Gasteiger partial charge in [-0.15, -0.1) is 0 Å². The zero-order valence-electron chi connectivity index (χ0n) is 14.5. The summed E-state index contributed by atoms with van der Waals surface area (Å²) in [5.74, 6) is 0.306. The third-order valence-electron chi connectivity index (χ3n) is 4.96. The molecule has 1 aliphatic rings. The SMILES string of the molecule is O=C1CC(c2ccccc2)C(c2ccccc2)C=C(c2ccccc2)N1. The molecule has 0 spiro atoms. The van der Waals surface area contributed by atoms with Crippen LogP contribution in [0.5, 0.6) is 0 Å². The minimum atomic E-state index is 0.0624. The van der Waals surface area contributed by atoms with E-state index in [2.05, 4.69) is 47.8 Å². The molecule has 0 fully saturated rings. The summed E-state index contributed by atoms with van der Waals surface area (Å²) in [5.41, 5.74) is 4.35. The molecule has 2 unspecified atom stereocenters. The fraction of sp³-hybridized carbons (Fsp3) is 0.125. The molecule has 1 amide bonds. The van der Waals surface area contributed by atoms with Crippen molar-refractivity contribution < 1.29 is 4.79 Å². The molecule has 1 N–H and O–H groups in total. The van der Waals surface area contributed by atoms with E-state index in [1.807, 2.05) is 54.6 Å². The molecule has 0 bridgehead atoms. The lowest BCUT2D eigenvalue weighted by Gasteiger charge is -2.23. The second-order valence-corrected chi connectivity index (χ2v) is 6.65. The summed E-state index contributed by atoms with van der Waals surface area (Å²) in [4.78, 5) is 12.7. The van der Waals surface area contributed by atoms with Gasteiger partial charge >= 0.3 is 0 Å². The van der Waals surface area contributed by atoms with Gasteiger partial charge in [-0.05, 0) is 16.7 Å². The number of allylic oxidation sites excluding steroid dienone is 1. The largest absolute Gasteiger partial charge is 0.326 e. The summed E-state index contributed by atoms with van der Waals surface area (Å²) in [6.45, 7) is 0. The maximum atomic E-state index is 12.7. The standard InChI is InChI=1S/C24H21NO/c26-24-17-22(19-12-6-2-7-13-19)21(18-10-4-1-5-11-18)16-23(25-24)20-14-8-3-9-15-20/h1-16,21-22H,17H2,(H,25,26). The Hall–Kier alpha value is -3.13. The minimum absolute atomic E-state index is 0.0624. The van der Waals surface area contributed by atoms with Gasteiger partial charge < -0.3 is 5.32 Å². The van der Waals surface area contributed by atoms with E-state index in [-0.39, 0.29) is 17.7 Å². The molecule has 1 aliphatic heterocycles. The highest BCUT2D eigenvalue weighted by Gasteiger charge is 2.29. The lowest BCUT2D eigenvalue weighted by atomic mass is 9.79. The predicted molar refractivity (Wildman–Crippen MR) is 106 cm³/mol. The smallest absolute Gasteiger partial charge is 0.225 e. The summed E-state index contributed by atoms with van der Waals surface area (Å²) < 4.78 is 0. The number of carbonyl (C=O) groups excluding carboxylic acids is 1. The number of hydrogen-bond donors (Lipinski definition) is 1. The van der Waals surface area contributed by atoms with E-state index in [0.29, 0.717) is 6.42 Å². The summed E-state index contributed by atoms with van der Waals surface area (Å²) in [6, 6.07) is 30.9. The number of rotatable bonds is 3. The van der Waals surface area contributed by atoms with Crippen LogP contribution >= 0.6 is 0 Å². The van der Waals surface area contributed by atoms with Gasteiger partial charge in [-0.25, -0.2) is 0 Å². The number of amides is 1. The first-order valence-electron chi connectivity index (χ1n) is 8.98. The van der Waals surface area contributed by atoms with Crippen molar-refractivity contribution in [1.29, 1.82) is 0 Å². The molecule has 2 atom stereocenters. The van der Waals surface area contributed by atoms with E-state index >= 15 is 0 Å². The molecule has 128 valence electrons. The van der Waals surface area contributed by atoms with E-state index in [9.17, 15) is 4.79 Å². The van der Waals surface area contributed by atoms with Crippen LogP contribution in [0.2, 0.25) is 0 Å². The molecule has 2 nitrogen and oxygen atoms in total. The molecule has 0 radical (unpaired) electrons. The van der Waals surface area contributed by atoms with Crippen LogP contribution in [0.3, 0.4) is 0 Å². The van der Waals surface area contributed by atoms with Gasteiger partial charge in [0.2, 0.25) is 5.91 Å². The highest BCUT2D eigenvalue weighted by molar-refractivity contribution is 5.88.